The molecule has 6 nitrogen and oxygen atoms in total. The van der Waals surface area contributed by atoms with Crippen LogP contribution in [0.1, 0.15) is 21.5 Å². The van der Waals surface area contributed by atoms with E-state index in [2.05, 4.69) is 17.2 Å². The summed E-state index contributed by atoms with van der Waals surface area (Å²) >= 11 is 0. The molecule has 0 saturated carbocycles. The van der Waals surface area contributed by atoms with E-state index in [0.717, 1.165) is 11.8 Å². The summed E-state index contributed by atoms with van der Waals surface area (Å²) in [5, 5.41) is 2.81. The molecule has 2 aromatic carbocycles. The molecule has 134 valence electrons. The van der Waals surface area contributed by atoms with E-state index in [1.54, 1.807) is 18.2 Å². The van der Waals surface area contributed by atoms with Crippen molar-refractivity contribution in [1.29, 1.82) is 0 Å². The number of ether oxygens (including phenoxy) is 1. The second kappa shape index (κ2) is 8.50. The van der Waals surface area contributed by atoms with Crippen molar-refractivity contribution in [1.82, 2.24) is 5.32 Å². The van der Waals surface area contributed by atoms with Crippen molar-refractivity contribution in [2.24, 2.45) is 0 Å². The van der Waals surface area contributed by atoms with Gasteiger partial charge in [0.15, 0.2) is 6.29 Å². The van der Waals surface area contributed by atoms with E-state index in [0.29, 0.717) is 17.4 Å². The van der Waals surface area contributed by atoms with Crippen LogP contribution < -0.4 is 10.7 Å². The third kappa shape index (κ3) is 4.61. The molecule has 0 bridgehead atoms. The molecule has 1 amide bonds. The van der Waals surface area contributed by atoms with Gasteiger partial charge in [-0.15, -0.1) is 0 Å². The Hall–Kier alpha value is -3.85. The molecule has 0 radical (unpaired) electrons. The monoisotopic (exact) mass is 361 g/mol. The minimum Gasteiger partial charge on any atom is -0.463 e. The first-order chi connectivity index (χ1) is 13.2. The number of hydrogen-bond donors (Lipinski definition) is 1. The van der Waals surface area contributed by atoms with Gasteiger partial charge in [-0.3, -0.25) is 9.59 Å². The third-order valence-electron chi connectivity index (χ3n) is 3.69. The van der Waals surface area contributed by atoms with Gasteiger partial charge in [-0.05, 0) is 23.8 Å². The highest BCUT2D eigenvalue weighted by Gasteiger charge is 2.06. The molecular weight excluding hydrogens is 346 g/mol. The van der Waals surface area contributed by atoms with Gasteiger partial charge in [0.1, 0.15) is 18.5 Å². The fourth-order valence-corrected chi connectivity index (χ4v) is 2.34. The van der Waals surface area contributed by atoms with Gasteiger partial charge in [0.2, 0.25) is 5.43 Å². The lowest BCUT2D eigenvalue weighted by atomic mass is 10.1. The van der Waals surface area contributed by atoms with E-state index in [-0.39, 0.29) is 24.1 Å². The molecule has 6 heteroatoms. The Morgan fingerprint density at radius 2 is 2.00 bits per heavy atom. The topological polar surface area (TPSA) is 85.6 Å². The summed E-state index contributed by atoms with van der Waals surface area (Å²) in [6, 6.07) is 14.2. The zero-order valence-electron chi connectivity index (χ0n) is 14.2. The normalized spacial score (nSPS) is 9.93. The number of carbonyl (C=O) groups excluding carboxylic acids is 2. The Labute approximate surface area is 154 Å². The molecule has 1 heterocycles. The molecule has 0 saturated heterocycles. The van der Waals surface area contributed by atoms with Crippen molar-refractivity contribution < 1.29 is 18.7 Å². The van der Waals surface area contributed by atoms with Crippen LogP contribution in [-0.2, 0) is 11.3 Å². The van der Waals surface area contributed by atoms with Crippen molar-refractivity contribution in [3.8, 4) is 11.8 Å². The lowest BCUT2D eigenvalue weighted by molar-refractivity contribution is 0.112. The molecule has 0 aliphatic rings. The number of benzene rings is 2. The standard InChI is InChI=1S/C21H15NO5/c23-12-17-14-26-19-9-8-15(11-18(19)20(17)24)7-4-10-22-21(25)27-13-16-5-2-1-3-6-16/h1-3,5-6,8-9,11-12,14H,10,13H2,(H,22,25). The van der Waals surface area contributed by atoms with Crippen molar-refractivity contribution in [3.05, 3.63) is 81.7 Å². The zero-order valence-corrected chi connectivity index (χ0v) is 14.2. The smallest absolute Gasteiger partial charge is 0.408 e. The van der Waals surface area contributed by atoms with Crippen LogP contribution in [-0.4, -0.2) is 18.9 Å². The number of nitrogens with one attached hydrogen (secondary N) is 1. The van der Waals surface area contributed by atoms with Crippen LogP contribution in [0.3, 0.4) is 0 Å². The SMILES string of the molecule is O=Cc1coc2ccc(C#CCNC(=O)OCc3ccccc3)cc2c1=O. The summed E-state index contributed by atoms with van der Waals surface area (Å²) in [5.41, 5.74) is 1.38. The van der Waals surface area contributed by atoms with Crippen LogP contribution in [0.25, 0.3) is 11.0 Å². The minimum atomic E-state index is -0.567. The number of rotatable bonds is 4. The highest BCUT2D eigenvalue weighted by molar-refractivity contribution is 5.84. The molecule has 0 aliphatic carbocycles. The number of carbonyl (C=O) groups is 2. The first kappa shape index (κ1) is 18.0. The summed E-state index contributed by atoms with van der Waals surface area (Å²) in [4.78, 5) is 34.6. The Morgan fingerprint density at radius 3 is 2.78 bits per heavy atom. The van der Waals surface area contributed by atoms with Crippen LogP contribution >= 0.6 is 0 Å². The van der Waals surface area contributed by atoms with Gasteiger partial charge < -0.3 is 14.5 Å². The van der Waals surface area contributed by atoms with Crippen LogP contribution in [0.15, 0.2) is 64.0 Å². The quantitative estimate of drug-likeness (QED) is 0.570. The maximum atomic E-state index is 12.1. The average Bonchev–Trinajstić information content (AvgIpc) is 2.71. The van der Waals surface area contributed by atoms with Crippen LogP contribution in [0.5, 0.6) is 0 Å². The minimum absolute atomic E-state index is 0.0459. The molecule has 27 heavy (non-hydrogen) atoms. The van der Waals surface area contributed by atoms with E-state index < -0.39 is 11.5 Å². The van der Waals surface area contributed by atoms with Crippen molar-refractivity contribution in [3.63, 3.8) is 0 Å². The van der Waals surface area contributed by atoms with Crippen LogP contribution in [0, 0.1) is 11.8 Å². The fourth-order valence-electron chi connectivity index (χ4n) is 2.34. The molecule has 0 unspecified atom stereocenters. The van der Waals surface area contributed by atoms with Crippen molar-refractivity contribution in [2.45, 2.75) is 6.61 Å². The van der Waals surface area contributed by atoms with Gasteiger partial charge in [-0.1, -0.05) is 42.2 Å². The van der Waals surface area contributed by atoms with E-state index in [1.807, 2.05) is 30.3 Å². The van der Waals surface area contributed by atoms with Crippen LogP contribution in [0.4, 0.5) is 4.79 Å². The lowest BCUT2D eigenvalue weighted by Crippen LogP contribution is -2.24. The largest absolute Gasteiger partial charge is 0.463 e. The van der Waals surface area contributed by atoms with Crippen LogP contribution in [0.2, 0.25) is 0 Å². The molecule has 0 fully saturated rings. The van der Waals surface area contributed by atoms with Crippen molar-refractivity contribution >= 4 is 23.3 Å². The second-order valence-electron chi connectivity index (χ2n) is 5.57. The molecule has 0 aliphatic heterocycles. The number of aldehydes is 1. The first-order valence-electron chi connectivity index (χ1n) is 8.11. The Balaban J connectivity index is 1.59. The van der Waals surface area contributed by atoms with Crippen molar-refractivity contribution in [2.75, 3.05) is 6.54 Å². The molecule has 1 aromatic heterocycles. The molecule has 3 rings (SSSR count). The molecule has 0 atom stereocenters. The van der Waals surface area contributed by atoms with Gasteiger partial charge in [0, 0.05) is 5.56 Å². The Morgan fingerprint density at radius 1 is 1.19 bits per heavy atom. The molecule has 1 N–H and O–H groups in total. The fraction of sp³-hybridized carbons (Fsp3) is 0.0952. The molecule has 3 aromatic rings. The Bertz CT molecular complexity index is 1090. The number of alkyl carbamates (subject to hydrolysis) is 1. The highest BCUT2D eigenvalue weighted by atomic mass is 16.5. The first-order valence-corrected chi connectivity index (χ1v) is 8.11. The predicted molar refractivity (Wildman–Crippen MR) is 99.4 cm³/mol. The predicted octanol–water partition coefficient (Wildman–Crippen LogP) is 2.88. The van der Waals surface area contributed by atoms with Gasteiger partial charge >= 0.3 is 6.09 Å². The molecular formula is C21H15NO5. The summed E-state index contributed by atoms with van der Waals surface area (Å²) in [6.45, 7) is 0.272. The highest BCUT2D eigenvalue weighted by Crippen LogP contribution is 2.12. The van der Waals surface area contributed by atoms with Gasteiger partial charge in [0.25, 0.3) is 0 Å². The molecule has 0 spiro atoms. The average molecular weight is 361 g/mol. The second-order valence-corrected chi connectivity index (χ2v) is 5.57. The maximum absolute atomic E-state index is 12.1. The van der Waals surface area contributed by atoms with E-state index in [4.69, 9.17) is 9.15 Å². The number of hydrogen-bond acceptors (Lipinski definition) is 5. The number of amides is 1. The lowest BCUT2D eigenvalue weighted by Gasteiger charge is -2.04. The summed E-state index contributed by atoms with van der Waals surface area (Å²) in [7, 11) is 0. The van der Waals surface area contributed by atoms with Gasteiger partial charge in [-0.2, -0.15) is 0 Å². The maximum Gasteiger partial charge on any atom is 0.408 e. The summed E-state index contributed by atoms with van der Waals surface area (Å²) < 4.78 is 10.3. The van der Waals surface area contributed by atoms with E-state index >= 15 is 0 Å². The number of fused-ring (bicyclic) bond motifs is 1. The van der Waals surface area contributed by atoms with Gasteiger partial charge in [-0.25, -0.2) is 4.79 Å². The summed E-state index contributed by atoms with van der Waals surface area (Å²) in [6.07, 6.45) is 1.02. The van der Waals surface area contributed by atoms with Gasteiger partial charge in [0.05, 0.1) is 17.5 Å². The Kier molecular flexibility index (Phi) is 5.65. The summed E-state index contributed by atoms with van der Waals surface area (Å²) in [5.74, 6) is 5.62. The van der Waals surface area contributed by atoms with E-state index in [9.17, 15) is 14.4 Å². The third-order valence-corrected chi connectivity index (χ3v) is 3.69. The van der Waals surface area contributed by atoms with E-state index in [1.165, 1.54) is 0 Å². The zero-order chi connectivity index (χ0) is 19.1.